The van der Waals surface area contributed by atoms with E-state index in [0.717, 1.165) is 54.4 Å². The molecule has 0 radical (unpaired) electrons. The molecule has 7 heteroatoms. The summed E-state index contributed by atoms with van der Waals surface area (Å²) in [7, 11) is 0. The molecular weight excluding hydrogens is 436 g/mol. The Bertz CT molecular complexity index is 1170. The minimum absolute atomic E-state index is 0.0215. The van der Waals surface area contributed by atoms with E-state index in [9.17, 15) is 4.79 Å². The number of hydrogen-bond donors (Lipinski definition) is 1. The highest BCUT2D eigenvalue weighted by Gasteiger charge is 2.34. The Kier molecular flexibility index (Phi) is 7.61. The standard InChI is InChI=1S/C28H40N6O/c1-3-10-26(27-30-31-32-34(27)24-13-8-9-14-24)33(23-11-6-5-7-12-23)19-22-18-21-17-20(4-2)15-16-25(21)29-28(22)35/h15-18,23-24,26H,3-14,19H2,1-2H3,(H,29,35). The van der Waals surface area contributed by atoms with E-state index in [4.69, 9.17) is 0 Å². The number of fused-ring (bicyclic) bond motifs is 1. The van der Waals surface area contributed by atoms with E-state index in [-0.39, 0.29) is 11.6 Å². The van der Waals surface area contributed by atoms with Gasteiger partial charge in [0.15, 0.2) is 5.82 Å². The van der Waals surface area contributed by atoms with Gasteiger partial charge < -0.3 is 4.98 Å². The fourth-order valence-corrected chi connectivity index (χ4v) is 6.29. The quantitative estimate of drug-likeness (QED) is 0.418. The van der Waals surface area contributed by atoms with Crippen LogP contribution in [0.2, 0.25) is 0 Å². The van der Waals surface area contributed by atoms with Crippen molar-refractivity contribution in [1.29, 1.82) is 0 Å². The van der Waals surface area contributed by atoms with Gasteiger partial charge in [0.2, 0.25) is 0 Å². The maximum absolute atomic E-state index is 13.2. The van der Waals surface area contributed by atoms with Gasteiger partial charge in [-0.05, 0) is 78.1 Å². The number of pyridine rings is 1. The van der Waals surface area contributed by atoms with E-state index < -0.39 is 0 Å². The largest absolute Gasteiger partial charge is 0.322 e. The molecule has 2 aliphatic carbocycles. The minimum Gasteiger partial charge on any atom is -0.322 e. The van der Waals surface area contributed by atoms with Crippen LogP contribution < -0.4 is 5.56 Å². The average Bonchev–Trinajstić information content (AvgIpc) is 3.59. The van der Waals surface area contributed by atoms with Gasteiger partial charge >= 0.3 is 0 Å². The smallest absolute Gasteiger partial charge is 0.252 e. The molecule has 0 amide bonds. The van der Waals surface area contributed by atoms with Crippen molar-refractivity contribution in [3.05, 3.63) is 51.6 Å². The molecule has 0 bridgehead atoms. The van der Waals surface area contributed by atoms with Gasteiger partial charge in [0.05, 0.1) is 12.1 Å². The zero-order chi connectivity index (χ0) is 24.2. The van der Waals surface area contributed by atoms with Gasteiger partial charge in [-0.25, -0.2) is 4.68 Å². The summed E-state index contributed by atoms with van der Waals surface area (Å²) in [5, 5.41) is 14.3. The van der Waals surface area contributed by atoms with Crippen LogP contribution in [-0.2, 0) is 13.0 Å². The maximum Gasteiger partial charge on any atom is 0.252 e. The second-order valence-electron chi connectivity index (χ2n) is 10.6. The molecule has 1 atom stereocenters. The molecule has 188 valence electrons. The number of benzene rings is 1. The van der Waals surface area contributed by atoms with Gasteiger partial charge in [0.1, 0.15) is 0 Å². The van der Waals surface area contributed by atoms with Gasteiger partial charge in [0, 0.05) is 23.7 Å². The number of hydrogen-bond acceptors (Lipinski definition) is 5. The van der Waals surface area contributed by atoms with Crippen LogP contribution in [0, 0.1) is 0 Å². The van der Waals surface area contributed by atoms with Gasteiger partial charge in [-0.2, -0.15) is 0 Å². The highest BCUT2D eigenvalue weighted by Crippen LogP contribution is 2.36. The van der Waals surface area contributed by atoms with Crippen molar-refractivity contribution in [3.8, 4) is 0 Å². The molecule has 3 aromatic rings. The molecule has 2 fully saturated rings. The molecule has 2 aliphatic rings. The summed E-state index contributed by atoms with van der Waals surface area (Å²) in [6, 6.07) is 9.45. The fourth-order valence-electron chi connectivity index (χ4n) is 6.29. The lowest BCUT2D eigenvalue weighted by atomic mass is 9.91. The summed E-state index contributed by atoms with van der Waals surface area (Å²) in [6.45, 7) is 5.04. The van der Waals surface area contributed by atoms with Gasteiger partial charge in [0.25, 0.3) is 5.56 Å². The Morgan fingerprint density at radius 1 is 1.06 bits per heavy atom. The summed E-state index contributed by atoms with van der Waals surface area (Å²) in [6.07, 6.45) is 14.0. The van der Waals surface area contributed by atoms with Crippen LogP contribution in [0.3, 0.4) is 0 Å². The lowest BCUT2D eigenvalue weighted by molar-refractivity contribution is 0.0798. The van der Waals surface area contributed by atoms with Crippen LogP contribution in [0.5, 0.6) is 0 Å². The van der Waals surface area contributed by atoms with Crippen LogP contribution in [-0.4, -0.2) is 36.1 Å². The summed E-state index contributed by atoms with van der Waals surface area (Å²) >= 11 is 0. The van der Waals surface area contributed by atoms with Crippen molar-refractivity contribution < 1.29 is 0 Å². The third-order valence-corrected chi connectivity index (χ3v) is 8.24. The molecule has 1 N–H and O–H groups in total. The number of tetrazole rings is 1. The monoisotopic (exact) mass is 476 g/mol. The lowest BCUT2D eigenvalue weighted by Crippen LogP contribution is -2.41. The third kappa shape index (κ3) is 5.20. The fraction of sp³-hybridized carbons (Fsp3) is 0.643. The molecule has 0 saturated heterocycles. The Morgan fingerprint density at radius 2 is 1.83 bits per heavy atom. The number of nitrogens with one attached hydrogen (secondary N) is 1. The molecule has 7 nitrogen and oxygen atoms in total. The Morgan fingerprint density at radius 3 is 2.57 bits per heavy atom. The number of nitrogens with zero attached hydrogens (tertiary/aromatic N) is 5. The van der Waals surface area contributed by atoms with Gasteiger partial charge in [-0.1, -0.05) is 58.4 Å². The molecule has 2 heterocycles. The Hall–Kier alpha value is -2.54. The van der Waals surface area contributed by atoms with Crippen molar-refractivity contribution in [1.82, 2.24) is 30.1 Å². The summed E-state index contributed by atoms with van der Waals surface area (Å²) in [4.78, 5) is 19.0. The highest BCUT2D eigenvalue weighted by molar-refractivity contribution is 5.79. The zero-order valence-corrected chi connectivity index (χ0v) is 21.4. The molecule has 5 rings (SSSR count). The first-order chi connectivity index (χ1) is 17.2. The lowest BCUT2D eigenvalue weighted by Gasteiger charge is -2.39. The van der Waals surface area contributed by atoms with Crippen molar-refractivity contribution in [2.75, 3.05) is 0 Å². The van der Waals surface area contributed by atoms with Gasteiger partial charge in [-0.15, -0.1) is 5.10 Å². The number of aryl methyl sites for hydroxylation is 1. The van der Waals surface area contributed by atoms with E-state index in [2.05, 4.69) is 62.1 Å². The predicted molar refractivity (Wildman–Crippen MR) is 139 cm³/mol. The zero-order valence-electron chi connectivity index (χ0n) is 21.4. The van der Waals surface area contributed by atoms with Crippen LogP contribution in [0.25, 0.3) is 10.9 Å². The van der Waals surface area contributed by atoms with Crippen molar-refractivity contribution in [2.24, 2.45) is 0 Å². The molecule has 1 aromatic carbocycles. The first-order valence-corrected chi connectivity index (χ1v) is 13.9. The molecule has 0 spiro atoms. The number of aromatic amines is 1. The number of rotatable bonds is 9. The average molecular weight is 477 g/mol. The normalized spacial score (nSPS) is 18.6. The number of aromatic nitrogens is 5. The molecular formula is C28H40N6O. The van der Waals surface area contributed by atoms with Crippen molar-refractivity contribution >= 4 is 10.9 Å². The maximum atomic E-state index is 13.2. The SMILES string of the molecule is CCCC(c1nnnn1C1CCCC1)N(Cc1cc2cc(CC)ccc2[nH]c1=O)C1CCCCC1. The summed E-state index contributed by atoms with van der Waals surface area (Å²) in [5.74, 6) is 0.995. The van der Waals surface area contributed by atoms with Gasteiger partial charge in [-0.3, -0.25) is 9.69 Å². The van der Waals surface area contributed by atoms with E-state index in [1.54, 1.807) is 0 Å². The third-order valence-electron chi connectivity index (χ3n) is 8.24. The highest BCUT2D eigenvalue weighted by atomic mass is 16.1. The predicted octanol–water partition coefficient (Wildman–Crippen LogP) is 5.87. The van der Waals surface area contributed by atoms with Crippen LogP contribution in [0.4, 0.5) is 0 Å². The molecule has 2 aromatic heterocycles. The summed E-state index contributed by atoms with van der Waals surface area (Å²) < 4.78 is 2.13. The first kappa shape index (κ1) is 24.2. The molecule has 0 aliphatic heterocycles. The van der Waals surface area contributed by atoms with E-state index in [1.807, 2.05) is 6.07 Å². The van der Waals surface area contributed by atoms with Crippen LogP contribution in [0.15, 0.2) is 29.1 Å². The topological polar surface area (TPSA) is 79.7 Å². The molecule has 2 saturated carbocycles. The van der Waals surface area contributed by atoms with E-state index in [0.29, 0.717) is 18.6 Å². The van der Waals surface area contributed by atoms with E-state index in [1.165, 1.54) is 50.5 Å². The Labute approximate surface area is 208 Å². The van der Waals surface area contributed by atoms with E-state index >= 15 is 0 Å². The van der Waals surface area contributed by atoms with Crippen LogP contribution in [0.1, 0.15) is 114 Å². The minimum atomic E-state index is 0.0215. The summed E-state index contributed by atoms with van der Waals surface area (Å²) in [5.41, 5.74) is 3.07. The van der Waals surface area contributed by atoms with Crippen LogP contribution >= 0.6 is 0 Å². The second kappa shape index (κ2) is 11.0. The molecule has 1 unspecified atom stereocenters. The van der Waals surface area contributed by atoms with Crippen molar-refractivity contribution in [2.45, 2.75) is 116 Å². The first-order valence-electron chi connectivity index (χ1n) is 13.9. The number of H-pyrrole nitrogens is 1. The van der Waals surface area contributed by atoms with Crippen molar-refractivity contribution in [3.63, 3.8) is 0 Å². The Balaban J connectivity index is 1.53. The molecule has 35 heavy (non-hydrogen) atoms. The second-order valence-corrected chi connectivity index (χ2v) is 10.6.